The average molecular weight is 457 g/mol. The summed E-state index contributed by atoms with van der Waals surface area (Å²) in [6, 6.07) is 10.3. The molecule has 8 heteroatoms. The van der Waals surface area contributed by atoms with Crippen LogP contribution in [0.2, 0.25) is 5.02 Å². The van der Waals surface area contributed by atoms with Gasteiger partial charge in [-0.3, -0.25) is 9.59 Å². The molecule has 1 atom stereocenters. The van der Waals surface area contributed by atoms with E-state index in [0.29, 0.717) is 29.9 Å². The van der Waals surface area contributed by atoms with Gasteiger partial charge in [0, 0.05) is 17.3 Å². The topological polar surface area (TPSA) is 91.2 Å². The summed E-state index contributed by atoms with van der Waals surface area (Å²) in [5.41, 5.74) is 8.39. The van der Waals surface area contributed by atoms with E-state index >= 15 is 0 Å². The highest BCUT2D eigenvalue weighted by molar-refractivity contribution is 6.30. The van der Waals surface area contributed by atoms with E-state index in [1.54, 1.807) is 11.0 Å². The number of H-pyrrole nitrogens is 1. The summed E-state index contributed by atoms with van der Waals surface area (Å²) < 4.78 is 14.6. The van der Waals surface area contributed by atoms with Gasteiger partial charge in [0.05, 0.1) is 23.7 Å². The Morgan fingerprint density at radius 2 is 2.12 bits per heavy atom. The first-order valence-corrected chi connectivity index (χ1v) is 11.1. The first-order valence-electron chi connectivity index (χ1n) is 10.7. The number of hydrogen-bond acceptors (Lipinski definition) is 4. The summed E-state index contributed by atoms with van der Waals surface area (Å²) in [6.07, 6.45) is 2.11. The molecule has 0 fully saturated rings. The van der Waals surface area contributed by atoms with Crippen LogP contribution in [0, 0.1) is 5.82 Å². The van der Waals surface area contributed by atoms with Crippen LogP contribution in [0.3, 0.4) is 0 Å². The number of fused-ring (bicyclic) bond motifs is 2. The van der Waals surface area contributed by atoms with Gasteiger partial charge in [-0.05, 0) is 79.6 Å². The van der Waals surface area contributed by atoms with Crippen molar-refractivity contribution in [1.82, 2.24) is 9.88 Å². The molecule has 32 heavy (non-hydrogen) atoms. The molecule has 2 heterocycles. The van der Waals surface area contributed by atoms with E-state index in [4.69, 9.17) is 17.3 Å². The van der Waals surface area contributed by atoms with Gasteiger partial charge in [0.25, 0.3) is 5.56 Å². The summed E-state index contributed by atoms with van der Waals surface area (Å²) >= 11 is 6.09. The predicted octanol–water partition coefficient (Wildman–Crippen LogP) is 3.77. The van der Waals surface area contributed by atoms with Crippen molar-refractivity contribution >= 4 is 34.0 Å². The number of carbonyl (C=O) groups is 1. The largest absolute Gasteiger partial charge is 0.374 e. The molecule has 4 rings (SSSR count). The monoisotopic (exact) mass is 456 g/mol. The van der Waals surface area contributed by atoms with Crippen LogP contribution < -0.4 is 16.6 Å². The number of hydrogen-bond donors (Lipinski definition) is 3. The van der Waals surface area contributed by atoms with Crippen molar-refractivity contribution in [2.24, 2.45) is 5.73 Å². The quantitative estimate of drug-likeness (QED) is 0.526. The van der Waals surface area contributed by atoms with Crippen LogP contribution in [0.5, 0.6) is 0 Å². The molecule has 0 spiro atoms. The van der Waals surface area contributed by atoms with E-state index < -0.39 is 5.82 Å². The molecule has 0 radical (unpaired) electrons. The normalized spacial score (nSPS) is 15.6. The standard InChI is InChI=1S/C24H26ClFN4O2/c1-14-19-5-4-17(25)9-15(19)6-8-30(14)23(31)13-28-22-11-16-10-18(3-2-7-27)29-24(32)20(16)12-21(22)26/h4-5,9-12,14,28H,2-3,6-8,13,27H2,1H3,(H,29,32)/t14-/m0/s1. The molecule has 168 valence electrons. The fraction of sp³-hybridized carbons (Fsp3) is 0.333. The van der Waals surface area contributed by atoms with Crippen LogP contribution in [0.15, 0.2) is 41.2 Å². The summed E-state index contributed by atoms with van der Waals surface area (Å²) in [4.78, 5) is 29.8. The first-order chi connectivity index (χ1) is 15.4. The molecule has 1 aromatic heterocycles. The summed E-state index contributed by atoms with van der Waals surface area (Å²) in [6.45, 7) is 3.04. The molecular formula is C24H26ClFN4O2. The maximum Gasteiger partial charge on any atom is 0.256 e. The number of nitrogens with zero attached hydrogens (tertiary/aromatic N) is 1. The number of nitrogens with two attached hydrogens (primary N) is 1. The van der Waals surface area contributed by atoms with Crippen molar-refractivity contribution in [3.05, 3.63) is 74.4 Å². The number of amides is 1. The second-order valence-electron chi connectivity index (χ2n) is 8.15. The molecule has 4 N–H and O–H groups in total. The van der Waals surface area contributed by atoms with E-state index in [9.17, 15) is 14.0 Å². The number of pyridine rings is 1. The highest BCUT2D eigenvalue weighted by Crippen LogP contribution is 2.31. The Hall–Kier alpha value is -2.90. The lowest BCUT2D eigenvalue weighted by molar-refractivity contribution is -0.131. The number of aromatic amines is 1. The van der Waals surface area contributed by atoms with E-state index in [-0.39, 0.29) is 35.1 Å². The molecule has 0 unspecified atom stereocenters. The molecule has 1 amide bonds. The van der Waals surface area contributed by atoms with Gasteiger partial charge in [-0.1, -0.05) is 17.7 Å². The van der Waals surface area contributed by atoms with Crippen molar-refractivity contribution in [2.75, 3.05) is 25.0 Å². The molecule has 2 aromatic carbocycles. The minimum absolute atomic E-state index is 0.0427. The second-order valence-corrected chi connectivity index (χ2v) is 8.58. The number of rotatable bonds is 6. The maximum absolute atomic E-state index is 14.6. The third-order valence-corrected chi connectivity index (χ3v) is 6.27. The highest BCUT2D eigenvalue weighted by atomic mass is 35.5. The zero-order valence-corrected chi connectivity index (χ0v) is 18.6. The number of aromatic nitrogens is 1. The van der Waals surface area contributed by atoms with E-state index in [2.05, 4.69) is 10.3 Å². The first kappa shape index (κ1) is 22.3. The molecule has 0 saturated heterocycles. The zero-order valence-electron chi connectivity index (χ0n) is 17.9. The minimum atomic E-state index is -0.572. The predicted molar refractivity (Wildman–Crippen MR) is 126 cm³/mol. The third kappa shape index (κ3) is 4.49. The number of anilines is 1. The van der Waals surface area contributed by atoms with Crippen LogP contribution in [0.25, 0.3) is 10.8 Å². The lowest BCUT2D eigenvalue weighted by atomic mass is 9.93. The van der Waals surface area contributed by atoms with Crippen LogP contribution in [0.4, 0.5) is 10.1 Å². The number of benzene rings is 2. The molecule has 3 aromatic rings. The van der Waals surface area contributed by atoms with Crippen LogP contribution in [0.1, 0.15) is 36.2 Å². The van der Waals surface area contributed by atoms with Crippen molar-refractivity contribution in [3.8, 4) is 0 Å². The maximum atomic E-state index is 14.6. The van der Waals surface area contributed by atoms with Gasteiger partial charge in [0.2, 0.25) is 5.91 Å². The molecule has 0 bridgehead atoms. The van der Waals surface area contributed by atoms with Gasteiger partial charge in [0.15, 0.2) is 0 Å². The second kappa shape index (κ2) is 9.30. The molecule has 1 aliphatic rings. The Balaban J connectivity index is 1.51. The number of aryl methyl sites for hydroxylation is 1. The molecule has 0 saturated carbocycles. The van der Waals surface area contributed by atoms with Crippen molar-refractivity contribution in [1.29, 1.82) is 0 Å². The summed E-state index contributed by atoms with van der Waals surface area (Å²) in [7, 11) is 0. The van der Waals surface area contributed by atoms with Gasteiger partial charge in [-0.25, -0.2) is 4.39 Å². The molecule has 1 aliphatic heterocycles. The van der Waals surface area contributed by atoms with Crippen molar-refractivity contribution in [3.63, 3.8) is 0 Å². The Bertz CT molecular complexity index is 1230. The van der Waals surface area contributed by atoms with Crippen LogP contribution >= 0.6 is 11.6 Å². The number of carbonyl (C=O) groups excluding carboxylic acids is 1. The van der Waals surface area contributed by atoms with Crippen LogP contribution in [-0.4, -0.2) is 35.4 Å². The molecule has 6 nitrogen and oxygen atoms in total. The van der Waals surface area contributed by atoms with Crippen molar-refractivity contribution in [2.45, 2.75) is 32.2 Å². The van der Waals surface area contributed by atoms with E-state index in [1.165, 1.54) is 6.07 Å². The minimum Gasteiger partial charge on any atom is -0.374 e. The molecule has 0 aliphatic carbocycles. The van der Waals surface area contributed by atoms with Gasteiger partial charge < -0.3 is 20.9 Å². The highest BCUT2D eigenvalue weighted by Gasteiger charge is 2.27. The Labute approximate surface area is 190 Å². The zero-order chi connectivity index (χ0) is 22.8. The SMILES string of the molecule is C[C@H]1c2ccc(Cl)cc2CCN1C(=O)CNc1cc2cc(CCCN)[nH]c(=O)c2cc1F. The average Bonchev–Trinajstić information content (AvgIpc) is 2.76. The van der Waals surface area contributed by atoms with Crippen LogP contribution in [-0.2, 0) is 17.6 Å². The fourth-order valence-electron chi connectivity index (χ4n) is 4.32. The van der Waals surface area contributed by atoms with Gasteiger partial charge in [-0.15, -0.1) is 0 Å². The lowest BCUT2D eigenvalue weighted by Gasteiger charge is -2.35. The van der Waals surface area contributed by atoms with Gasteiger partial charge >= 0.3 is 0 Å². The number of nitrogens with one attached hydrogen (secondary N) is 2. The fourth-order valence-corrected chi connectivity index (χ4v) is 4.51. The van der Waals surface area contributed by atoms with Crippen molar-refractivity contribution < 1.29 is 9.18 Å². The smallest absolute Gasteiger partial charge is 0.256 e. The third-order valence-electron chi connectivity index (χ3n) is 6.03. The lowest BCUT2D eigenvalue weighted by Crippen LogP contribution is -2.41. The van der Waals surface area contributed by atoms with E-state index in [1.807, 2.05) is 31.2 Å². The van der Waals surface area contributed by atoms with Gasteiger partial charge in [0.1, 0.15) is 5.82 Å². The van der Waals surface area contributed by atoms with E-state index in [0.717, 1.165) is 29.7 Å². The Kier molecular flexibility index (Phi) is 6.48. The Morgan fingerprint density at radius 1 is 1.31 bits per heavy atom. The summed E-state index contributed by atoms with van der Waals surface area (Å²) in [5, 5.41) is 4.50. The Morgan fingerprint density at radius 3 is 2.91 bits per heavy atom. The molecular weight excluding hydrogens is 431 g/mol. The number of halogens is 2. The van der Waals surface area contributed by atoms with Gasteiger partial charge in [-0.2, -0.15) is 0 Å². The summed E-state index contributed by atoms with van der Waals surface area (Å²) in [5.74, 6) is -0.690.